The van der Waals surface area contributed by atoms with Gasteiger partial charge in [0.05, 0.1) is 17.8 Å². The zero-order valence-electron chi connectivity index (χ0n) is 13.7. The number of aryl methyl sites for hydroxylation is 4. The highest BCUT2D eigenvalue weighted by molar-refractivity contribution is 5.79. The Bertz CT molecular complexity index is 712. The van der Waals surface area contributed by atoms with Gasteiger partial charge in [-0.15, -0.1) is 0 Å². The van der Waals surface area contributed by atoms with Crippen molar-refractivity contribution < 1.29 is 4.79 Å². The number of imidazole rings is 1. The highest BCUT2D eigenvalue weighted by Crippen LogP contribution is 2.16. The SMILES string of the molecule is Cc1cn2c(n1)CC[C@@H](NC(=O)Cc1c(C)nn(C)c1C)C2. The van der Waals surface area contributed by atoms with Crippen LogP contribution in [0.3, 0.4) is 0 Å². The first-order valence-corrected chi connectivity index (χ1v) is 7.75. The van der Waals surface area contributed by atoms with Gasteiger partial charge in [0.25, 0.3) is 0 Å². The van der Waals surface area contributed by atoms with Gasteiger partial charge in [0.1, 0.15) is 5.82 Å². The molecular formula is C16H23N5O. The Labute approximate surface area is 130 Å². The van der Waals surface area contributed by atoms with E-state index in [1.165, 1.54) is 0 Å². The van der Waals surface area contributed by atoms with Crippen molar-refractivity contribution in [1.82, 2.24) is 24.6 Å². The van der Waals surface area contributed by atoms with Crippen molar-refractivity contribution in [1.29, 1.82) is 0 Å². The average Bonchev–Trinajstić information content (AvgIpc) is 2.92. The number of carbonyl (C=O) groups excluding carboxylic acids is 1. The van der Waals surface area contributed by atoms with Crippen LogP contribution in [0.1, 0.15) is 34.9 Å². The summed E-state index contributed by atoms with van der Waals surface area (Å²) in [4.78, 5) is 16.8. The molecule has 22 heavy (non-hydrogen) atoms. The molecular weight excluding hydrogens is 278 g/mol. The number of hydrogen-bond acceptors (Lipinski definition) is 3. The lowest BCUT2D eigenvalue weighted by atomic mass is 10.1. The molecule has 0 aliphatic carbocycles. The zero-order chi connectivity index (χ0) is 15.9. The summed E-state index contributed by atoms with van der Waals surface area (Å²) in [7, 11) is 1.91. The predicted molar refractivity (Wildman–Crippen MR) is 83.6 cm³/mol. The molecule has 1 aliphatic rings. The first-order valence-electron chi connectivity index (χ1n) is 7.75. The van der Waals surface area contributed by atoms with Gasteiger partial charge >= 0.3 is 0 Å². The van der Waals surface area contributed by atoms with Crippen molar-refractivity contribution in [2.75, 3.05) is 0 Å². The number of carbonyl (C=O) groups is 1. The molecule has 1 amide bonds. The monoisotopic (exact) mass is 301 g/mol. The fourth-order valence-electron chi connectivity index (χ4n) is 3.22. The molecule has 0 saturated carbocycles. The minimum atomic E-state index is 0.0736. The molecule has 1 atom stereocenters. The topological polar surface area (TPSA) is 64.7 Å². The number of fused-ring (bicyclic) bond motifs is 1. The van der Waals surface area contributed by atoms with Crippen LogP contribution >= 0.6 is 0 Å². The lowest BCUT2D eigenvalue weighted by Crippen LogP contribution is -2.41. The van der Waals surface area contributed by atoms with Gasteiger partial charge in [-0.2, -0.15) is 5.10 Å². The number of nitrogens with zero attached hydrogens (tertiary/aromatic N) is 4. The summed E-state index contributed by atoms with van der Waals surface area (Å²) in [6.07, 6.45) is 4.33. The molecule has 0 spiro atoms. The third kappa shape index (κ3) is 2.77. The Kier molecular flexibility index (Phi) is 3.76. The Hall–Kier alpha value is -2.11. The molecule has 0 unspecified atom stereocenters. The molecule has 6 heteroatoms. The highest BCUT2D eigenvalue weighted by Gasteiger charge is 2.22. The van der Waals surface area contributed by atoms with Crippen molar-refractivity contribution in [2.24, 2.45) is 7.05 Å². The minimum absolute atomic E-state index is 0.0736. The Morgan fingerprint density at radius 3 is 2.86 bits per heavy atom. The lowest BCUT2D eigenvalue weighted by molar-refractivity contribution is -0.121. The molecule has 0 radical (unpaired) electrons. The number of rotatable bonds is 3. The van der Waals surface area contributed by atoms with Crippen molar-refractivity contribution in [3.8, 4) is 0 Å². The molecule has 0 aromatic carbocycles. The van der Waals surface area contributed by atoms with Gasteiger partial charge in [-0.25, -0.2) is 4.98 Å². The molecule has 118 valence electrons. The summed E-state index contributed by atoms with van der Waals surface area (Å²) in [6.45, 7) is 6.78. The van der Waals surface area contributed by atoms with E-state index in [4.69, 9.17) is 0 Å². The van der Waals surface area contributed by atoms with E-state index in [0.717, 1.165) is 47.9 Å². The highest BCUT2D eigenvalue weighted by atomic mass is 16.1. The van der Waals surface area contributed by atoms with Crippen molar-refractivity contribution in [3.05, 3.63) is 34.7 Å². The molecule has 3 heterocycles. The number of amides is 1. The third-order valence-electron chi connectivity index (χ3n) is 4.47. The van der Waals surface area contributed by atoms with Gasteiger partial charge in [-0.3, -0.25) is 9.48 Å². The van der Waals surface area contributed by atoms with E-state index in [-0.39, 0.29) is 11.9 Å². The maximum Gasteiger partial charge on any atom is 0.224 e. The van der Waals surface area contributed by atoms with E-state index in [1.54, 1.807) is 0 Å². The molecule has 0 saturated heterocycles. The Balaban J connectivity index is 1.63. The van der Waals surface area contributed by atoms with E-state index in [9.17, 15) is 4.79 Å². The summed E-state index contributed by atoms with van der Waals surface area (Å²) in [5.74, 6) is 1.20. The van der Waals surface area contributed by atoms with Crippen LogP contribution in [0, 0.1) is 20.8 Å². The molecule has 0 bridgehead atoms. The van der Waals surface area contributed by atoms with Crippen LogP contribution in [0.2, 0.25) is 0 Å². The summed E-state index contributed by atoms with van der Waals surface area (Å²) in [5, 5.41) is 7.52. The predicted octanol–water partition coefficient (Wildman–Crippen LogP) is 1.22. The molecule has 2 aromatic rings. The molecule has 2 aromatic heterocycles. The first-order chi connectivity index (χ1) is 10.4. The van der Waals surface area contributed by atoms with Crippen LogP contribution < -0.4 is 5.32 Å². The molecule has 1 aliphatic heterocycles. The van der Waals surface area contributed by atoms with E-state index in [1.807, 2.05) is 32.5 Å². The summed E-state index contributed by atoms with van der Waals surface area (Å²) in [5.41, 5.74) is 4.08. The first kappa shape index (κ1) is 14.8. The minimum Gasteiger partial charge on any atom is -0.351 e. The van der Waals surface area contributed by atoms with Crippen LogP contribution in [0.25, 0.3) is 0 Å². The van der Waals surface area contributed by atoms with Crippen molar-refractivity contribution in [3.63, 3.8) is 0 Å². The van der Waals surface area contributed by atoms with Crippen molar-refractivity contribution in [2.45, 2.75) is 52.6 Å². The number of hydrogen-bond donors (Lipinski definition) is 1. The maximum atomic E-state index is 12.3. The molecule has 6 nitrogen and oxygen atoms in total. The summed E-state index contributed by atoms with van der Waals surface area (Å²) in [6, 6.07) is 0.186. The van der Waals surface area contributed by atoms with Gasteiger partial charge in [-0.05, 0) is 27.2 Å². The van der Waals surface area contributed by atoms with Gasteiger partial charge < -0.3 is 9.88 Å². The van der Waals surface area contributed by atoms with Crippen LogP contribution in [-0.2, 0) is 31.2 Å². The van der Waals surface area contributed by atoms with Crippen molar-refractivity contribution >= 4 is 5.91 Å². The smallest absolute Gasteiger partial charge is 0.224 e. The third-order valence-corrected chi connectivity index (χ3v) is 4.47. The normalized spacial score (nSPS) is 17.4. The van der Waals surface area contributed by atoms with E-state index in [2.05, 4.69) is 26.2 Å². The number of aromatic nitrogens is 4. The Morgan fingerprint density at radius 2 is 2.18 bits per heavy atom. The molecule has 0 fully saturated rings. The standard InChI is InChI=1S/C16H23N5O/c1-10-8-21-9-13(5-6-15(21)17-10)18-16(22)7-14-11(2)19-20(4)12(14)3/h8,13H,5-7,9H2,1-4H3,(H,18,22)/t13-/m1/s1. The van der Waals surface area contributed by atoms with Gasteiger partial charge in [0.2, 0.25) is 5.91 Å². The fourth-order valence-corrected chi connectivity index (χ4v) is 3.22. The lowest BCUT2D eigenvalue weighted by Gasteiger charge is -2.24. The second-order valence-electron chi connectivity index (χ2n) is 6.20. The van der Waals surface area contributed by atoms with Crippen LogP contribution in [-0.4, -0.2) is 31.3 Å². The average molecular weight is 301 g/mol. The van der Waals surface area contributed by atoms with Crippen LogP contribution in [0.15, 0.2) is 6.20 Å². The maximum absolute atomic E-state index is 12.3. The van der Waals surface area contributed by atoms with Gasteiger partial charge in [0.15, 0.2) is 0 Å². The summed E-state index contributed by atoms with van der Waals surface area (Å²) >= 11 is 0. The Morgan fingerprint density at radius 1 is 1.41 bits per heavy atom. The quantitative estimate of drug-likeness (QED) is 0.927. The van der Waals surface area contributed by atoms with E-state index >= 15 is 0 Å². The zero-order valence-corrected chi connectivity index (χ0v) is 13.7. The van der Waals surface area contributed by atoms with Crippen LogP contribution in [0.5, 0.6) is 0 Å². The molecule has 3 rings (SSSR count). The van der Waals surface area contributed by atoms with Crippen LogP contribution in [0.4, 0.5) is 0 Å². The summed E-state index contributed by atoms with van der Waals surface area (Å²) < 4.78 is 3.99. The van der Waals surface area contributed by atoms with Gasteiger partial charge in [-0.1, -0.05) is 0 Å². The van der Waals surface area contributed by atoms with Gasteiger partial charge in [0, 0.05) is 43.5 Å². The largest absolute Gasteiger partial charge is 0.351 e. The van der Waals surface area contributed by atoms with E-state index in [0.29, 0.717) is 6.42 Å². The second kappa shape index (κ2) is 5.59. The molecule has 1 N–H and O–H groups in total. The number of nitrogens with one attached hydrogen (secondary N) is 1. The fraction of sp³-hybridized carbons (Fsp3) is 0.562. The second-order valence-corrected chi connectivity index (χ2v) is 6.20. The van der Waals surface area contributed by atoms with E-state index < -0.39 is 0 Å².